The number of methoxy groups -OCH3 is 1. The average molecular weight is 264 g/mol. The standard InChI is InChI=1S/C14H20N2O3/c1-9(15)10-5-6-16(8-10)14(18)12-7-11(19-2)3-4-13(12)17/h3-4,7,9-10,17H,5-6,8,15H2,1-2H3. The van der Waals surface area contributed by atoms with E-state index in [0.29, 0.717) is 24.8 Å². The van der Waals surface area contributed by atoms with Crippen LogP contribution in [0.1, 0.15) is 23.7 Å². The van der Waals surface area contributed by atoms with Crippen LogP contribution in [0.5, 0.6) is 11.5 Å². The van der Waals surface area contributed by atoms with Gasteiger partial charge in [0.15, 0.2) is 0 Å². The molecule has 0 radical (unpaired) electrons. The first kappa shape index (κ1) is 13.7. The topological polar surface area (TPSA) is 75.8 Å². The molecule has 19 heavy (non-hydrogen) atoms. The van der Waals surface area contributed by atoms with Gasteiger partial charge in [-0.1, -0.05) is 0 Å². The fraction of sp³-hybridized carbons (Fsp3) is 0.500. The molecule has 3 N–H and O–H groups in total. The Hall–Kier alpha value is -1.75. The number of amides is 1. The number of carbonyl (C=O) groups excluding carboxylic acids is 1. The van der Waals surface area contributed by atoms with Gasteiger partial charge in [-0.3, -0.25) is 4.79 Å². The molecule has 0 saturated carbocycles. The Bertz CT molecular complexity index is 474. The molecule has 1 aliphatic rings. The van der Waals surface area contributed by atoms with Crippen molar-refractivity contribution in [2.45, 2.75) is 19.4 Å². The van der Waals surface area contributed by atoms with Crippen molar-refractivity contribution in [3.8, 4) is 11.5 Å². The van der Waals surface area contributed by atoms with E-state index in [9.17, 15) is 9.90 Å². The lowest BCUT2D eigenvalue weighted by atomic mass is 10.0. The van der Waals surface area contributed by atoms with Gasteiger partial charge in [0.2, 0.25) is 0 Å². The second kappa shape index (κ2) is 5.48. The van der Waals surface area contributed by atoms with Crippen LogP contribution in [0.3, 0.4) is 0 Å². The molecule has 0 bridgehead atoms. The molecule has 104 valence electrons. The van der Waals surface area contributed by atoms with Crippen LogP contribution < -0.4 is 10.5 Å². The summed E-state index contributed by atoms with van der Waals surface area (Å²) < 4.78 is 5.08. The van der Waals surface area contributed by atoms with Gasteiger partial charge in [-0.2, -0.15) is 0 Å². The van der Waals surface area contributed by atoms with Gasteiger partial charge in [0.05, 0.1) is 12.7 Å². The highest BCUT2D eigenvalue weighted by Gasteiger charge is 2.30. The first-order valence-electron chi connectivity index (χ1n) is 6.44. The highest BCUT2D eigenvalue weighted by molar-refractivity contribution is 5.97. The molecule has 0 spiro atoms. The van der Waals surface area contributed by atoms with E-state index in [1.807, 2.05) is 6.92 Å². The smallest absolute Gasteiger partial charge is 0.257 e. The zero-order valence-corrected chi connectivity index (χ0v) is 11.3. The lowest BCUT2D eigenvalue weighted by Crippen LogP contribution is -2.33. The van der Waals surface area contributed by atoms with E-state index in [1.165, 1.54) is 13.2 Å². The number of ether oxygens (including phenoxy) is 1. The molecule has 5 nitrogen and oxygen atoms in total. The zero-order valence-electron chi connectivity index (χ0n) is 11.3. The SMILES string of the molecule is COc1ccc(O)c(C(=O)N2CCC(C(C)N)C2)c1. The van der Waals surface area contributed by atoms with E-state index in [0.717, 1.165) is 6.42 Å². The highest BCUT2D eigenvalue weighted by atomic mass is 16.5. The van der Waals surface area contributed by atoms with Crippen molar-refractivity contribution >= 4 is 5.91 Å². The van der Waals surface area contributed by atoms with Crippen LogP contribution in [0.2, 0.25) is 0 Å². The van der Waals surface area contributed by atoms with Gasteiger partial charge < -0.3 is 20.5 Å². The maximum Gasteiger partial charge on any atom is 0.257 e. The van der Waals surface area contributed by atoms with Gasteiger partial charge in [-0.15, -0.1) is 0 Å². The monoisotopic (exact) mass is 264 g/mol. The Labute approximate surface area is 113 Å². The van der Waals surface area contributed by atoms with E-state index in [2.05, 4.69) is 0 Å². The van der Waals surface area contributed by atoms with Crippen molar-refractivity contribution in [1.82, 2.24) is 4.90 Å². The maximum atomic E-state index is 12.4. The quantitative estimate of drug-likeness (QED) is 0.860. The number of phenols is 1. The third-order valence-electron chi connectivity index (χ3n) is 3.69. The van der Waals surface area contributed by atoms with Gasteiger partial charge in [0, 0.05) is 19.1 Å². The normalized spacial score (nSPS) is 20.4. The summed E-state index contributed by atoms with van der Waals surface area (Å²) in [7, 11) is 1.53. The molecule has 1 aliphatic heterocycles. The minimum atomic E-state index is -0.167. The maximum absolute atomic E-state index is 12.4. The predicted octanol–water partition coefficient (Wildman–Crippen LogP) is 1.21. The first-order chi connectivity index (χ1) is 9.02. The minimum Gasteiger partial charge on any atom is -0.507 e. The number of hydrogen-bond donors (Lipinski definition) is 2. The molecular weight excluding hydrogens is 244 g/mol. The number of nitrogens with two attached hydrogens (primary N) is 1. The molecular formula is C14H20N2O3. The molecule has 2 rings (SSSR count). The summed E-state index contributed by atoms with van der Waals surface area (Å²) in [6.07, 6.45) is 0.911. The van der Waals surface area contributed by atoms with Crippen molar-refractivity contribution in [2.75, 3.05) is 20.2 Å². The molecule has 2 unspecified atom stereocenters. The summed E-state index contributed by atoms with van der Waals surface area (Å²) >= 11 is 0. The summed E-state index contributed by atoms with van der Waals surface area (Å²) in [5, 5.41) is 9.81. The van der Waals surface area contributed by atoms with Gasteiger partial charge in [0.1, 0.15) is 11.5 Å². The lowest BCUT2D eigenvalue weighted by molar-refractivity contribution is 0.0782. The molecule has 1 aromatic rings. The average Bonchev–Trinajstić information content (AvgIpc) is 2.88. The van der Waals surface area contributed by atoms with Crippen molar-refractivity contribution in [3.05, 3.63) is 23.8 Å². The molecule has 0 aliphatic carbocycles. The van der Waals surface area contributed by atoms with Crippen LogP contribution in [-0.2, 0) is 0 Å². The van der Waals surface area contributed by atoms with Gasteiger partial charge in [0.25, 0.3) is 5.91 Å². The summed E-state index contributed by atoms with van der Waals surface area (Å²) in [6, 6.07) is 4.75. The van der Waals surface area contributed by atoms with Crippen LogP contribution in [0.15, 0.2) is 18.2 Å². The van der Waals surface area contributed by atoms with E-state index in [1.54, 1.807) is 17.0 Å². The molecule has 1 aromatic carbocycles. The van der Waals surface area contributed by atoms with Crippen LogP contribution in [0.25, 0.3) is 0 Å². The second-order valence-corrected chi connectivity index (χ2v) is 5.04. The Balaban J connectivity index is 2.16. The minimum absolute atomic E-state index is 0.0185. The number of likely N-dealkylation sites (tertiary alicyclic amines) is 1. The Morgan fingerprint density at radius 1 is 1.58 bits per heavy atom. The van der Waals surface area contributed by atoms with Crippen molar-refractivity contribution in [2.24, 2.45) is 11.7 Å². The van der Waals surface area contributed by atoms with Crippen LogP contribution in [0.4, 0.5) is 0 Å². The number of rotatable bonds is 3. The van der Waals surface area contributed by atoms with Gasteiger partial charge >= 0.3 is 0 Å². The Morgan fingerprint density at radius 3 is 2.89 bits per heavy atom. The Kier molecular flexibility index (Phi) is 3.95. The largest absolute Gasteiger partial charge is 0.507 e. The molecule has 1 saturated heterocycles. The third-order valence-corrected chi connectivity index (χ3v) is 3.69. The fourth-order valence-corrected chi connectivity index (χ4v) is 2.38. The number of phenolic OH excluding ortho intramolecular Hbond substituents is 1. The number of carbonyl (C=O) groups is 1. The Morgan fingerprint density at radius 2 is 2.32 bits per heavy atom. The van der Waals surface area contributed by atoms with Crippen LogP contribution >= 0.6 is 0 Å². The van der Waals surface area contributed by atoms with Crippen molar-refractivity contribution in [1.29, 1.82) is 0 Å². The van der Waals surface area contributed by atoms with Crippen molar-refractivity contribution < 1.29 is 14.6 Å². The number of hydrogen-bond acceptors (Lipinski definition) is 4. The second-order valence-electron chi connectivity index (χ2n) is 5.04. The summed E-state index contributed by atoms with van der Waals surface area (Å²) in [5.74, 6) is 0.704. The number of aromatic hydroxyl groups is 1. The molecule has 1 amide bonds. The zero-order chi connectivity index (χ0) is 14.0. The summed E-state index contributed by atoms with van der Waals surface area (Å²) in [6.45, 7) is 3.29. The number of benzene rings is 1. The van der Waals surface area contributed by atoms with E-state index in [4.69, 9.17) is 10.5 Å². The first-order valence-corrected chi connectivity index (χ1v) is 6.44. The van der Waals surface area contributed by atoms with Gasteiger partial charge in [-0.25, -0.2) is 0 Å². The molecule has 0 aromatic heterocycles. The molecule has 1 fully saturated rings. The van der Waals surface area contributed by atoms with E-state index < -0.39 is 0 Å². The van der Waals surface area contributed by atoms with Crippen LogP contribution in [0, 0.1) is 5.92 Å². The summed E-state index contributed by atoms with van der Waals surface area (Å²) in [4.78, 5) is 14.1. The molecule has 5 heteroatoms. The predicted molar refractivity (Wildman–Crippen MR) is 72.3 cm³/mol. The van der Waals surface area contributed by atoms with E-state index >= 15 is 0 Å². The summed E-state index contributed by atoms with van der Waals surface area (Å²) in [5.41, 5.74) is 6.15. The van der Waals surface area contributed by atoms with Crippen LogP contribution in [-0.4, -0.2) is 42.2 Å². The molecule has 2 atom stereocenters. The van der Waals surface area contributed by atoms with Gasteiger partial charge in [-0.05, 0) is 37.5 Å². The van der Waals surface area contributed by atoms with E-state index in [-0.39, 0.29) is 23.3 Å². The lowest BCUT2D eigenvalue weighted by Gasteiger charge is -2.19. The highest BCUT2D eigenvalue weighted by Crippen LogP contribution is 2.27. The fourth-order valence-electron chi connectivity index (χ4n) is 2.38. The third kappa shape index (κ3) is 2.81. The number of nitrogens with zero attached hydrogens (tertiary/aromatic N) is 1. The molecule has 1 heterocycles. The van der Waals surface area contributed by atoms with Crippen molar-refractivity contribution in [3.63, 3.8) is 0 Å².